The van der Waals surface area contributed by atoms with Gasteiger partial charge in [0.1, 0.15) is 12.1 Å². The van der Waals surface area contributed by atoms with Crippen molar-refractivity contribution in [2.45, 2.75) is 18.6 Å². The highest BCUT2D eigenvalue weighted by molar-refractivity contribution is 7.99. The number of carbonyl (C=O) groups excluding carboxylic acids is 2. The summed E-state index contributed by atoms with van der Waals surface area (Å²) < 4.78 is 1.77. The van der Waals surface area contributed by atoms with Gasteiger partial charge in [-0.1, -0.05) is 23.7 Å². The van der Waals surface area contributed by atoms with Crippen molar-refractivity contribution in [2.75, 3.05) is 31.3 Å². The van der Waals surface area contributed by atoms with Gasteiger partial charge in [0.05, 0.1) is 22.8 Å². The molecule has 146 valence electrons. The number of piperazine rings is 2. The lowest BCUT2D eigenvalue weighted by Gasteiger charge is -2.47. The summed E-state index contributed by atoms with van der Waals surface area (Å²) in [5.74, 6) is 1.55. The third kappa shape index (κ3) is 3.00. The van der Waals surface area contributed by atoms with Crippen molar-refractivity contribution >= 4 is 35.2 Å². The van der Waals surface area contributed by atoms with Crippen LogP contribution >= 0.6 is 23.4 Å². The maximum atomic E-state index is 12.9. The predicted octanol–water partition coefficient (Wildman–Crippen LogP) is 1.45. The van der Waals surface area contributed by atoms with E-state index in [4.69, 9.17) is 11.6 Å². The van der Waals surface area contributed by atoms with Crippen LogP contribution in [-0.2, 0) is 16.1 Å². The molecule has 1 aromatic heterocycles. The molecule has 5 rings (SSSR count). The molecule has 3 saturated heterocycles. The highest BCUT2D eigenvalue weighted by Crippen LogP contribution is 2.30. The first-order valence-corrected chi connectivity index (χ1v) is 10.8. The number of benzene rings is 1. The van der Waals surface area contributed by atoms with E-state index < -0.39 is 0 Å². The van der Waals surface area contributed by atoms with Crippen molar-refractivity contribution in [1.29, 1.82) is 0 Å². The maximum absolute atomic E-state index is 12.9. The summed E-state index contributed by atoms with van der Waals surface area (Å²) in [6.45, 7) is 2.61. The summed E-state index contributed by atoms with van der Waals surface area (Å²) in [4.78, 5) is 31.4. The van der Waals surface area contributed by atoms with E-state index in [1.54, 1.807) is 26.2 Å². The minimum Gasteiger partial charge on any atom is -0.326 e. The second kappa shape index (κ2) is 7.09. The summed E-state index contributed by atoms with van der Waals surface area (Å²) in [5, 5.41) is 5.08. The fraction of sp³-hybridized carbons (Fsp3) is 0.421. The molecule has 4 heterocycles. The number of amides is 2. The molecule has 0 bridgehead atoms. The van der Waals surface area contributed by atoms with Crippen molar-refractivity contribution in [3.05, 3.63) is 47.2 Å². The Kier molecular flexibility index (Phi) is 4.57. The van der Waals surface area contributed by atoms with Crippen LogP contribution < -0.4 is 0 Å². The number of nitrogens with zero attached hydrogens (tertiary/aromatic N) is 5. The lowest BCUT2D eigenvalue weighted by molar-refractivity contribution is -0.162. The second-order valence-electron chi connectivity index (χ2n) is 7.35. The van der Waals surface area contributed by atoms with Crippen LogP contribution in [0.5, 0.6) is 0 Å². The number of halogens is 1. The van der Waals surface area contributed by atoms with E-state index in [1.807, 2.05) is 36.7 Å². The molecular formula is C19H20ClN5O2S. The first kappa shape index (κ1) is 18.0. The SMILES string of the molecule is O=C1[C@@H]2CSCN2C(=O)[C@H]2CN(Cc3cnn(-c4ccccc4Cl)c3)CCN12. The summed E-state index contributed by atoms with van der Waals surface area (Å²) in [6, 6.07) is 6.96. The highest BCUT2D eigenvalue weighted by Gasteiger charge is 2.49. The summed E-state index contributed by atoms with van der Waals surface area (Å²) in [7, 11) is 0. The number of thioether (sulfide) groups is 1. The number of fused-ring (bicyclic) bond motifs is 2. The highest BCUT2D eigenvalue weighted by atomic mass is 35.5. The van der Waals surface area contributed by atoms with Gasteiger partial charge >= 0.3 is 0 Å². The lowest BCUT2D eigenvalue weighted by atomic mass is 10.0. The van der Waals surface area contributed by atoms with Gasteiger partial charge in [-0.2, -0.15) is 5.10 Å². The molecule has 0 aliphatic carbocycles. The largest absolute Gasteiger partial charge is 0.326 e. The van der Waals surface area contributed by atoms with Gasteiger partial charge in [-0.05, 0) is 12.1 Å². The molecule has 1 aromatic carbocycles. The molecule has 2 aromatic rings. The van der Waals surface area contributed by atoms with E-state index in [2.05, 4.69) is 10.00 Å². The Labute approximate surface area is 172 Å². The Morgan fingerprint density at radius 3 is 2.79 bits per heavy atom. The molecule has 0 radical (unpaired) electrons. The fourth-order valence-electron chi connectivity index (χ4n) is 4.17. The van der Waals surface area contributed by atoms with Crippen molar-refractivity contribution in [2.24, 2.45) is 0 Å². The van der Waals surface area contributed by atoms with E-state index >= 15 is 0 Å². The van der Waals surface area contributed by atoms with Gasteiger partial charge in [0.2, 0.25) is 11.8 Å². The first-order chi connectivity index (χ1) is 13.6. The van der Waals surface area contributed by atoms with Gasteiger partial charge in [-0.15, -0.1) is 11.8 Å². The molecule has 0 spiro atoms. The molecule has 3 aliphatic heterocycles. The van der Waals surface area contributed by atoms with Crippen LogP contribution in [0, 0.1) is 0 Å². The van der Waals surface area contributed by atoms with Crippen LogP contribution in [0.1, 0.15) is 5.56 Å². The maximum Gasteiger partial charge on any atom is 0.248 e. The fourth-order valence-corrected chi connectivity index (χ4v) is 5.55. The average molecular weight is 418 g/mol. The Morgan fingerprint density at radius 1 is 1.11 bits per heavy atom. The van der Waals surface area contributed by atoms with Gasteiger partial charge < -0.3 is 9.80 Å². The normalized spacial score (nSPS) is 25.2. The van der Waals surface area contributed by atoms with Crippen LogP contribution in [0.4, 0.5) is 0 Å². The van der Waals surface area contributed by atoms with Crippen LogP contribution in [-0.4, -0.2) is 79.6 Å². The van der Waals surface area contributed by atoms with Gasteiger partial charge in [0.15, 0.2) is 0 Å². The van der Waals surface area contributed by atoms with Crippen LogP contribution in [0.25, 0.3) is 5.69 Å². The second-order valence-corrected chi connectivity index (χ2v) is 8.76. The van der Waals surface area contributed by atoms with E-state index in [0.29, 0.717) is 30.5 Å². The van der Waals surface area contributed by atoms with Gasteiger partial charge in [0.25, 0.3) is 0 Å². The molecule has 3 fully saturated rings. The number of para-hydroxylation sites is 1. The van der Waals surface area contributed by atoms with E-state index in [1.165, 1.54) is 0 Å². The van der Waals surface area contributed by atoms with Gasteiger partial charge in [0, 0.05) is 43.7 Å². The smallest absolute Gasteiger partial charge is 0.248 e. The molecule has 2 amide bonds. The van der Waals surface area contributed by atoms with Crippen molar-refractivity contribution in [3.63, 3.8) is 0 Å². The Hall–Kier alpha value is -2.03. The number of rotatable bonds is 3. The molecule has 7 nitrogen and oxygen atoms in total. The zero-order valence-corrected chi connectivity index (χ0v) is 16.8. The van der Waals surface area contributed by atoms with Crippen LogP contribution in [0.2, 0.25) is 5.02 Å². The van der Waals surface area contributed by atoms with Crippen molar-refractivity contribution in [1.82, 2.24) is 24.5 Å². The number of carbonyl (C=O) groups is 2. The molecule has 0 saturated carbocycles. The average Bonchev–Trinajstić information content (AvgIpc) is 3.36. The minimum absolute atomic E-state index is 0.0889. The quantitative estimate of drug-likeness (QED) is 0.756. The zero-order valence-electron chi connectivity index (χ0n) is 15.2. The third-order valence-electron chi connectivity index (χ3n) is 5.62. The third-order valence-corrected chi connectivity index (χ3v) is 6.96. The predicted molar refractivity (Wildman–Crippen MR) is 107 cm³/mol. The molecule has 2 atom stereocenters. The number of aromatic nitrogens is 2. The number of hydrogen-bond acceptors (Lipinski definition) is 5. The standard InChI is InChI=1S/C19H20ClN5O2S/c20-14-3-1-2-4-15(14)25-9-13(7-21-25)8-22-5-6-23-16(10-22)18(26)24-12-28-11-17(24)19(23)27/h1-4,7,9,16-17H,5-6,8,10-12H2/t16-,17+/m1/s1. The minimum atomic E-state index is -0.366. The monoisotopic (exact) mass is 417 g/mol. The number of hydrogen-bond donors (Lipinski definition) is 0. The lowest BCUT2D eigenvalue weighted by Crippen LogP contribution is -2.69. The molecule has 0 unspecified atom stereocenters. The van der Waals surface area contributed by atoms with Crippen LogP contribution in [0.3, 0.4) is 0 Å². The summed E-state index contributed by atoms with van der Waals surface area (Å²) in [5.41, 5.74) is 1.89. The van der Waals surface area contributed by atoms with Gasteiger partial charge in [-0.25, -0.2) is 4.68 Å². The summed E-state index contributed by atoms with van der Waals surface area (Å²) >= 11 is 7.92. The van der Waals surface area contributed by atoms with Gasteiger partial charge in [-0.3, -0.25) is 14.5 Å². The van der Waals surface area contributed by atoms with E-state index in [0.717, 1.165) is 23.5 Å². The topological polar surface area (TPSA) is 61.7 Å². The Balaban J connectivity index is 1.30. The zero-order chi connectivity index (χ0) is 19.3. The molecule has 28 heavy (non-hydrogen) atoms. The Morgan fingerprint density at radius 2 is 1.93 bits per heavy atom. The van der Waals surface area contributed by atoms with E-state index in [9.17, 15) is 9.59 Å². The molecule has 3 aliphatic rings. The molecule has 9 heteroatoms. The van der Waals surface area contributed by atoms with E-state index in [-0.39, 0.29) is 23.9 Å². The van der Waals surface area contributed by atoms with Crippen LogP contribution in [0.15, 0.2) is 36.7 Å². The first-order valence-electron chi connectivity index (χ1n) is 9.31. The Bertz CT molecular complexity index is 935. The molecular weight excluding hydrogens is 398 g/mol. The summed E-state index contributed by atoms with van der Waals surface area (Å²) in [6.07, 6.45) is 3.80. The van der Waals surface area contributed by atoms with Crippen molar-refractivity contribution in [3.8, 4) is 5.69 Å². The van der Waals surface area contributed by atoms with Crippen molar-refractivity contribution < 1.29 is 9.59 Å². The molecule has 0 N–H and O–H groups in total.